The van der Waals surface area contributed by atoms with Crippen LogP contribution < -0.4 is 0 Å². The summed E-state index contributed by atoms with van der Waals surface area (Å²) < 4.78 is 10.8. The van der Waals surface area contributed by atoms with E-state index in [4.69, 9.17) is 4.42 Å². The van der Waals surface area contributed by atoms with Gasteiger partial charge in [-0.25, -0.2) is 0 Å². The van der Waals surface area contributed by atoms with Crippen molar-refractivity contribution in [3.8, 4) is 28.6 Å². The quantitative estimate of drug-likeness (QED) is 0.203. The van der Waals surface area contributed by atoms with Crippen molar-refractivity contribution in [2.45, 2.75) is 0 Å². The molecule has 0 bridgehead atoms. The van der Waals surface area contributed by atoms with Crippen molar-refractivity contribution in [3.63, 3.8) is 0 Å². The molecule has 0 aliphatic rings. The third kappa shape index (κ3) is 3.69. The molecule has 7 aromatic carbocycles. The second kappa shape index (κ2) is 9.71. The van der Waals surface area contributed by atoms with Crippen LogP contribution >= 0.6 is 0 Å². The van der Waals surface area contributed by atoms with E-state index in [0.717, 1.165) is 66.2 Å². The van der Waals surface area contributed by atoms with Crippen molar-refractivity contribution in [2.75, 3.05) is 0 Å². The molecule has 47 heavy (non-hydrogen) atoms. The lowest BCUT2D eigenvalue weighted by Gasteiger charge is -2.13. The Morgan fingerprint density at radius 2 is 1.00 bits per heavy atom. The Morgan fingerprint density at radius 3 is 1.68 bits per heavy atom. The Hall–Kier alpha value is -6.57. The van der Waals surface area contributed by atoms with Crippen LogP contribution in [0.25, 0.3) is 88.1 Å². The fourth-order valence-electron chi connectivity index (χ4n) is 7.45. The summed E-state index contributed by atoms with van der Waals surface area (Å²) in [5, 5.41) is 17.4. The molecule has 10 aromatic rings. The highest BCUT2D eigenvalue weighted by molar-refractivity contribution is 6.17. The number of para-hydroxylation sites is 4. The fraction of sp³-hybridized carbons (Fsp3) is 0. The highest BCUT2D eigenvalue weighted by Gasteiger charge is 2.19. The second-order valence-corrected chi connectivity index (χ2v) is 12.1. The van der Waals surface area contributed by atoms with Crippen molar-refractivity contribution in [1.82, 2.24) is 9.13 Å². The predicted molar refractivity (Wildman–Crippen MR) is 193 cm³/mol. The summed E-state index contributed by atoms with van der Waals surface area (Å²) >= 11 is 0. The van der Waals surface area contributed by atoms with E-state index >= 15 is 0 Å². The van der Waals surface area contributed by atoms with Crippen LogP contribution in [0, 0.1) is 11.3 Å². The molecule has 0 amide bonds. The Bertz CT molecular complexity index is 2860. The summed E-state index contributed by atoms with van der Waals surface area (Å²) in [6.07, 6.45) is 0. The van der Waals surface area contributed by atoms with Crippen molar-refractivity contribution >= 4 is 65.6 Å². The first kappa shape index (κ1) is 25.7. The molecule has 0 atom stereocenters. The number of hydrogen-bond acceptors (Lipinski definition) is 2. The fourth-order valence-corrected chi connectivity index (χ4v) is 7.45. The van der Waals surface area contributed by atoms with E-state index in [2.05, 4.69) is 143 Å². The Kier molecular flexibility index (Phi) is 5.32. The van der Waals surface area contributed by atoms with Gasteiger partial charge in [-0.05, 0) is 65.7 Å². The number of nitriles is 1. The zero-order valence-corrected chi connectivity index (χ0v) is 25.2. The average molecular weight is 600 g/mol. The standard InChI is InChI=1S/C43H25N3O/c44-26-29-23-28(27-17-20-30(21-18-27)45-38-13-5-1-9-31(38)32-10-2-6-14-39(32)45)19-22-37(29)46-40-15-7-3-11-33(40)35-24-36-34-12-4-8-16-42(34)47-43(36)25-41(35)46/h1-25H. The number of benzene rings is 7. The predicted octanol–water partition coefficient (Wildman–Crippen LogP) is 11.3. The maximum atomic E-state index is 10.5. The van der Waals surface area contributed by atoms with Crippen LogP contribution in [0.4, 0.5) is 0 Å². The van der Waals surface area contributed by atoms with Gasteiger partial charge >= 0.3 is 0 Å². The van der Waals surface area contributed by atoms with E-state index in [-0.39, 0.29) is 0 Å². The van der Waals surface area contributed by atoms with Gasteiger partial charge in [0.2, 0.25) is 0 Å². The first-order valence-corrected chi connectivity index (χ1v) is 15.7. The molecule has 0 fully saturated rings. The first-order valence-electron chi connectivity index (χ1n) is 15.7. The monoisotopic (exact) mass is 599 g/mol. The minimum absolute atomic E-state index is 0.612. The molecular weight excluding hydrogens is 574 g/mol. The Morgan fingerprint density at radius 1 is 0.426 bits per heavy atom. The Labute approximate surface area is 269 Å². The molecule has 0 unspecified atom stereocenters. The molecule has 0 aliphatic carbocycles. The zero-order chi connectivity index (χ0) is 31.1. The molecule has 218 valence electrons. The topological polar surface area (TPSA) is 46.8 Å². The molecular formula is C43H25N3O. The van der Waals surface area contributed by atoms with Gasteiger partial charge in [0.1, 0.15) is 17.2 Å². The van der Waals surface area contributed by atoms with E-state index in [1.165, 1.54) is 21.8 Å². The highest BCUT2D eigenvalue weighted by Crippen LogP contribution is 2.39. The van der Waals surface area contributed by atoms with Gasteiger partial charge in [0.25, 0.3) is 0 Å². The molecule has 4 heteroatoms. The molecule has 0 aliphatic heterocycles. The van der Waals surface area contributed by atoms with Gasteiger partial charge in [0, 0.05) is 44.1 Å². The largest absolute Gasteiger partial charge is 0.456 e. The Balaban J connectivity index is 1.11. The van der Waals surface area contributed by atoms with Crippen LogP contribution in [0.5, 0.6) is 0 Å². The summed E-state index contributed by atoms with van der Waals surface area (Å²) in [6, 6.07) is 55.3. The first-order chi connectivity index (χ1) is 23.3. The molecule has 0 saturated heterocycles. The van der Waals surface area contributed by atoms with E-state index < -0.39 is 0 Å². The number of rotatable bonds is 3. The van der Waals surface area contributed by atoms with Gasteiger partial charge in [0.15, 0.2) is 0 Å². The number of furan rings is 1. The molecule has 0 saturated carbocycles. The van der Waals surface area contributed by atoms with Crippen molar-refractivity contribution < 1.29 is 4.42 Å². The summed E-state index contributed by atoms with van der Waals surface area (Å²) in [6.45, 7) is 0. The minimum Gasteiger partial charge on any atom is -0.456 e. The number of hydrogen-bond donors (Lipinski definition) is 0. The van der Waals surface area contributed by atoms with E-state index in [0.29, 0.717) is 5.56 Å². The molecule has 4 nitrogen and oxygen atoms in total. The third-order valence-electron chi connectivity index (χ3n) is 9.57. The maximum absolute atomic E-state index is 10.5. The van der Waals surface area contributed by atoms with E-state index in [1.54, 1.807) is 0 Å². The van der Waals surface area contributed by atoms with Gasteiger partial charge in [-0.15, -0.1) is 0 Å². The third-order valence-corrected chi connectivity index (χ3v) is 9.57. The van der Waals surface area contributed by atoms with Crippen LogP contribution in [-0.2, 0) is 0 Å². The van der Waals surface area contributed by atoms with Gasteiger partial charge < -0.3 is 13.6 Å². The van der Waals surface area contributed by atoms with Crippen molar-refractivity contribution in [1.29, 1.82) is 5.26 Å². The SMILES string of the molecule is N#Cc1cc(-c2ccc(-n3c4ccccc4c4ccccc43)cc2)ccc1-n1c2ccccc2c2cc3c(cc21)oc1ccccc13. The van der Waals surface area contributed by atoms with Crippen LogP contribution in [0.1, 0.15) is 5.56 Å². The number of nitrogens with zero attached hydrogens (tertiary/aromatic N) is 3. The van der Waals surface area contributed by atoms with Crippen molar-refractivity contribution in [3.05, 3.63) is 157 Å². The van der Waals surface area contributed by atoms with Crippen LogP contribution in [0.15, 0.2) is 156 Å². The molecule has 0 spiro atoms. The lowest BCUT2D eigenvalue weighted by atomic mass is 10.0. The summed E-state index contributed by atoms with van der Waals surface area (Å²) in [4.78, 5) is 0. The smallest absolute Gasteiger partial charge is 0.137 e. The van der Waals surface area contributed by atoms with Crippen molar-refractivity contribution in [2.24, 2.45) is 0 Å². The van der Waals surface area contributed by atoms with Crippen LogP contribution in [0.2, 0.25) is 0 Å². The number of aromatic nitrogens is 2. The normalized spacial score (nSPS) is 11.8. The molecule has 3 aromatic heterocycles. The summed E-state index contributed by atoms with van der Waals surface area (Å²) in [5.74, 6) is 0. The van der Waals surface area contributed by atoms with Crippen LogP contribution in [0.3, 0.4) is 0 Å². The minimum atomic E-state index is 0.612. The molecule has 0 radical (unpaired) electrons. The maximum Gasteiger partial charge on any atom is 0.137 e. The van der Waals surface area contributed by atoms with Gasteiger partial charge in [-0.1, -0.05) is 91.0 Å². The van der Waals surface area contributed by atoms with E-state index in [9.17, 15) is 5.26 Å². The number of fused-ring (bicyclic) bond motifs is 9. The molecule has 0 N–H and O–H groups in total. The second-order valence-electron chi connectivity index (χ2n) is 12.1. The highest BCUT2D eigenvalue weighted by atomic mass is 16.3. The molecule has 10 rings (SSSR count). The lowest BCUT2D eigenvalue weighted by Crippen LogP contribution is -1.98. The van der Waals surface area contributed by atoms with Gasteiger partial charge in [-0.2, -0.15) is 5.26 Å². The van der Waals surface area contributed by atoms with Gasteiger partial charge in [0.05, 0.1) is 33.3 Å². The summed E-state index contributed by atoms with van der Waals surface area (Å²) in [7, 11) is 0. The molecule has 3 heterocycles. The lowest BCUT2D eigenvalue weighted by molar-refractivity contribution is 0.669. The average Bonchev–Trinajstić information content (AvgIpc) is 3.78. The van der Waals surface area contributed by atoms with Gasteiger partial charge in [-0.3, -0.25) is 0 Å². The van der Waals surface area contributed by atoms with Crippen LogP contribution in [-0.4, -0.2) is 9.13 Å². The van der Waals surface area contributed by atoms with E-state index in [1.807, 2.05) is 24.3 Å². The summed E-state index contributed by atoms with van der Waals surface area (Å²) in [5.41, 5.74) is 10.8. The zero-order valence-electron chi connectivity index (χ0n) is 25.2.